The van der Waals surface area contributed by atoms with E-state index >= 15 is 0 Å². The van der Waals surface area contributed by atoms with Gasteiger partial charge in [-0.15, -0.1) is 10.2 Å². The van der Waals surface area contributed by atoms with E-state index in [0.717, 1.165) is 35.1 Å². The second kappa shape index (κ2) is 15.4. The number of nitrogens with one attached hydrogen (secondary N) is 3. The first-order valence-electron chi connectivity index (χ1n) is 15.9. The van der Waals surface area contributed by atoms with Gasteiger partial charge >= 0.3 is 0 Å². The van der Waals surface area contributed by atoms with Crippen LogP contribution < -0.4 is 35.6 Å². The van der Waals surface area contributed by atoms with Crippen molar-refractivity contribution in [3.8, 4) is 39.8 Å². The highest BCUT2D eigenvalue weighted by Gasteiger charge is 2.29. The molecular weight excluding hydrogens is 614 g/mol. The van der Waals surface area contributed by atoms with Crippen LogP contribution in [0.5, 0.6) is 17.2 Å². The van der Waals surface area contributed by atoms with Crippen molar-refractivity contribution in [1.82, 2.24) is 25.5 Å². The number of tetrazole rings is 1. The molecule has 0 spiro atoms. The molecule has 13 heteroatoms. The number of benzene rings is 2. The third-order valence-electron chi connectivity index (χ3n) is 8.22. The van der Waals surface area contributed by atoms with Gasteiger partial charge in [-0.1, -0.05) is 24.6 Å². The molecule has 252 valence electrons. The second-order valence-corrected chi connectivity index (χ2v) is 11.6. The Balaban J connectivity index is 1.25. The summed E-state index contributed by atoms with van der Waals surface area (Å²) in [7, 11) is 6.40. The van der Waals surface area contributed by atoms with E-state index in [2.05, 4.69) is 31.4 Å². The van der Waals surface area contributed by atoms with Gasteiger partial charge < -0.3 is 30.2 Å². The minimum atomic E-state index is -0.378. The average molecular weight is 656 g/mol. The first-order chi connectivity index (χ1) is 23.2. The van der Waals surface area contributed by atoms with Crippen molar-refractivity contribution in [3.63, 3.8) is 0 Å². The van der Waals surface area contributed by atoms with Crippen molar-refractivity contribution in [2.75, 3.05) is 38.5 Å². The molecule has 0 unspecified atom stereocenters. The molecule has 1 atom stereocenters. The summed E-state index contributed by atoms with van der Waals surface area (Å²) < 4.78 is 17.1. The van der Waals surface area contributed by atoms with Crippen LogP contribution in [0.2, 0.25) is 0 Å². The smallest absolute Gasteiger partial charge is 0.224 e. The topological polar surface area (TPSA) is 159 Å². The summed E-state index contributed by atoms with van der Waals surface area (Å²) in [5, 5.41) is 21.3. The van der Waals surface area contributed by atoms with Gasteiger partial charge in [0.05, 0.1) is 40.1 Å². The Hall–Kier alpha value is -5.46. The van der Waals surface area contributed by atoms with Crippen molar-refractivity contribution in [2.24, 2.45) is 7.05 Å². The average Bonchev–Trinajstić information content (AvgIpc) is 3.38. The molecule has 13 nitrogen and oxygen atoms in total. The van der Waals surface area contributed by atoms with Crippen molar-refractivity contribution in [3.05, 3.63) is 69.9 Å². The molecule has 4 aromatic rings. The summed E-state index contributed by atoms with van der Waals surface area (Å²) >= 11 is 0. The monoisotopic (exact) mass is 655 g/mol. The molecule has 5 rings (SSSR count). The van der Waals surface area contributed by atoms with E-state index in [0.29, 0.717) is 72.2 Å². The van der Waals surface area contributed by atoms with E-state index in [1.165, 1.54) is 11.7 Å². The summed E-state index contributed by atoms with van der Waals surface area (Å²) in [6, 6.07) is 14.2. The lowest BCUT2D eigenvalue weighted by molar-refractivity contribution is -0.119. The van der Waals surface area contributed by atoms with Crippen LogP contribution in [0.4, 0.5) is 11.4 Å². The Morgan fingerprint density at radius 2 is 1.79 bits per heavy atom. The van der Waals surface area contributed by atoms with Gasteiger partial charge in [0.25, 0.3) is 0 Å². The first kappa shape index (κ1) is 33.9. The van der Waals surface area contributed by atoms with E-state index in [1.807, 2.05) is 36.4 Å². The Bertz CT molecular complexity index is 1860. The van der Waals surface area contributed by atoms with Gasteiger partial charge in [-0.3, -0.25) is 14.4 Å². The summed E-state index contributed by atoms with van der Waals surface area (Å²) in [5.41, 5.74) is 4.94. The van der Waals surface area contributed by atoms with Crippen molar-refractivity contribution in [1.29, 1.82) is 0 Å². The molecule has 1 aliphatic carbocycles. The number of amides is 2. The fourth-order valence-corrected chi connectivity index (χ4v) is 6.02. The zero-order valence-corrected chi connectivity index (χ0v) is 27.9. The Morgan fingerprint density at radius 3 is 2.50 bits per heavy atom. The number of carbonyl (C=O) groups is 2. The van der Waals surface area contributed by atoms with Gasteiger partial charge in [-0.25, -0.2) is 0 Å². The molecule has 48 heavy (non-hydrogen) atoms. The van der Waals surface area contributed by atoms with Crippen molar-refractivity contribution >= 4 is 23.2 Å². The van der Waals surface area contributed by atoms with Gasteiger partial charge in [-0.2, -0.15) is 4.80 Å². The molecular formula is C35H41N7O6. The number of aryl methyl sites for hydroxylation is 2. The maximum absolute atomic E-state index is 13.5. The van der Waals surface area contributed by atoms with Crippen LogP contribution in [0.25, 0.3) is 22.5 Å². The summed E-state index contributed by atoms with van der Waals surface area (Å²) in [5.74, 6) is 1.73. The van der Waals surface area contributed by atoms with Gasteiger partial charge in [0.2, 0.25) is 28.8 Å². The largest absolute Gasteiger partial charge is 0.493 e. The van der Waals surface area contributed by atoms with Gasteiger partial charge in [0, 0.05) is 36.7 Å². The first-order valence-corrected chi connectivity index (χ1v) is 15.9. The van der Waals surface area contributed by atoms with Crippen LogP contribution in [-0.2, 0) is 23.1 Å². The number of carbonyl (C=O) groups excluding carboxylic acids is 2. The van der Waals surface area contributed by atoms with E-state index < -0.39 is 0 Å². The molecule has 0 bridgehead atoms. The van der Waals surface area contributed by atoms with Gasteiger partial charge in [0.1, 0.15) is 0 Å². The fraction of sp³-hybridized carbons (Fsp3) is 0.371. The summed E-state index contributed by atoms with van der Waals surface area (Å²) in [6.07, 6.45) is 3.83. The molecule has 1 aliphatic rings. The van der Waals surface area contributed by atoms with Crippen LogP contribution in [-0.4, -0.2) is 59.9 Å². The maximum Gasteiger partial charge on any atom is 0.224 e. The third kappa shape index (κ3) is 7.73. The lowest BCUT2D eigenvalue weighted by Crippen LogP contribution is -2.26. The number of rotatable bonds is 13. The predicted octanol–water partition coefficient (Wildman–Crippen LogP) is 4.66. The maximum atomic E-state index is 13.5. The van der Waals surface area contributed by atoms with E-state index in [4.69, 9.17) is 14.2 Å². The van der Waals surface area contributed by atoms with E-state index in [9.17, 15) is 14.4 Å². The number of aromatic nitrogens is 4. The molecule has 0 saturated heterocycles. The SMILES string of the molecule is COc1cc2c(c(OC)c1OC)-c1ccc(NCCCCCC(=O)Nc3cccc(-c4nnn(C)n4)c3)c(=O)cc1[C@H](NC(C)=O)CC2. The summed E-state index contributed by atoms with van der Waals surface area (Å²) in [6.45, 7) is 2.03. The molecule has 1 heterocycles. The number of unbranched alkanes of at least 4 members (excludes halogenated alkanes) is 2. The van der Waals surface area contributed by atoms with E-state index in [-0.39, 0.29) is 23.3 Å². The van der Waals surface area contributed by atoms with Crippen LogP contribution in [0.3, 0.4) is 0 Å². The predicted molar refractivity (Wildman–Crippen MR) is 183 cm³/mol. The quantitative estimate of drug-likeness (QED) is 0.173. The third-order valence-corrected chi connectivity index (χ3v) is 8.22. The minimum absolute atomic E-state index is 0.0793. The highest BCUT2D eigenvalue weighted by molar-refractivity contribution is 5.91. The Labute approximate surface area is 279 Å². The molecule has 1 aromatic heterocycles. The highest BCUT2D eigenvalue weighted by Crippen LogP contribution is 2.50. The number of anilines is 2. The van der Waals surface area contributed by atoms with Crippen molar-refractivity contribution < 1.29 is 23.8 Å². The Morgan fingerprint density at radius 1 is 0.979 bits per heavy atom. The number of hydrogen-bond donors (Lipinski definition) is 3. The lowest BCUT2D eigenvalue weighted by Gasteiger charge is -2.19. The molecule has 2 amide bonds. The number of nitrogens with zero attached hydrogens (tertiary/aromatic N) is 4. The number of hydrogen-bond acceptors (Lipinski definition) is 10. The van der Waals surface area contributed by atoms with Crippen LogP contribution in [0.1, 0.15) is 56.2 Å². The number of ether oxygens (including phenoxy) is 3. The normalized spacial score (nSPS) is 13.4. The molecule has 3 N–H and O–H groups in total. The van der Waals surface area contributed by atoms with Crippen LogP contribution >= 0.6 is 0 Å². The Kier molecular flexibility index (Phi) is 10.9. The molecule has 0 aliphatic heterocycles. The molecule has 0 saturated carbocycles. The van der Waals surface area contributed by atoms with Crippen LogP contribution in [0, 0.1) is 0 Å². The summed E-state index contributed by atoms with van der Waals surface area (Å²) in [4.78, 5) is 39.7. The van der Waals surface area contributed by atoms with Gasteiger partial charge in [-0.05, 0) is 77.9 Å². The minimum Gasteiger partial charge on any atom is -0.493 e. The number of methoxy groups -OCH3 is 3. The van der Waals surface area contributed by atoms with Gasteiger partial charge in [0.15, 0.2) is 11.5 Å². The zero-order chi connectivity index (χ0) is 34.2. The zero-order valence-electron chi connectivity index (χ0n) is 27.9. The molecule has 0 radical (unpaired) electrons. The fourth-order valence-electron chi connectivity index (χ4n) is 6.02. The lowest BCUT2D eigenvalue weighted by atomic mass is 9.95. The molecule has 3 aromatic carbocycles. The highest BCUT2D eigenvalue weighted by atomic mass is 16.5. The van der Waals surface area contributed by atoms with Crippen LogP contribution in [0.15, 0.2) is 53.3 Å². The van der Waals surface area contributed by atoms with E-state index in [1.54, 1.807) is 40.5 Å². The second-order valence-electron chi connectivity index (χ2n) is 11.6. The standard InChI is InChI=1S/C35H41N7O6/c1-21(43)37-27-15-13-22-19-30(46-3)33(47-4)34(48-5)32(22)25-14-16-28(29(44)20-26(25)27)36-17-8-6-7-12-31(45)38-24-11-9-10-23(18-24)35-39-41-42(2)40-35/h9-11,14,16,18-20,27H,6-8,12-13,15,17H2,1-5H3,(H,36,44)(H,37,43)(H,38,45)/t27-/m1/s1. The van der Waals surface area contributed by atoms with Crippen molar-refractivity contribution in [2.45, 2.75) is 51.5 Å². The molecule has 0 fully saturated rings. The number of fused-ring (bicyclic) bond motifs is 3.